The Morgan fingerprint density at radius 2 is 0.500 bits per heavy atom. The van der Waals surface area contributed by atoms with Crippen LogP contribution < -0.4 is 10.2 Å². The maximum atomic E-state index is 10.2. The molecule has 0 fully saturated rings. The van der Waals surface area contributed by atoms with Gasteiger partial charge in [-0.2, -0.15) is 0 Å². The minimum Gasteiger partial charge on any atom is -0.870 e. The molecule has 0 heterocycles. The van der Waals surface area contributed by atoms with Crippen molar-refractivity contribution in [3.05, 3.63) is 0 Å². The fourth-order valence-electron chi connectivity index (χ4n) is 4.93. The van der Waals surface area contributed by atoms with Crippen LogP contribution in [0.25, 0.3) is 0 Å². The molecule has 1 N–H and O–H groups in total. The van der Waals surface area contributed by atoms with E-state index in [0.717, 1.165) is 25.7 Å². The molecule has 0 radical (unpaired) electrons. The summed E-state index contributed by atoms with van der Waals surface area (Å²) in [4.78, 5) is 20.4. The average molecular weight is 583 g/mol. The fourth-order valence-corrected chi connectivity index (χ4v) is 4.93. The zero-order valence-corrected chi connectivity index (χ0v) is 28.0. The van der Waals surface area contributed by atoms with E-state index < -0.39 is 11.9 Å². The van der Waals surface area contributed by atoms with Crippen LogP contribution in [0.4, 0.5) is 0 Å². The summed E-state index contributed by atoms with van der Waals surface area (Å²) >= 11 is 0. The van der Waals surface area contributed by atoms with Gasteiger partial charge in [0, 0.05) is 11.9 Å². The van der Waals surface area contributed by atoms with Gasteiger partial charge in [0.05, 0.1) is 0 Å². The fraction of sp³-hybridized carbons (Fsp3) is 0.941. The zero-order chi connectivity index (χ0) is 28.4. The number of aliphatic carboxylic acids is 2. The third kappa shape index (κ3) is 50.3. The average Bonchev–Trinajstić information content (AvgIpc) is 2.89. The summed E-state index contributed by atoms with van der Waals surface area (Å²) in [6.07, 6.45) is 36.8. The number of carboxylic acids is 2. The summed E-state index contributed by atoms with van der Waals surface area (Å²) < 4.78 is 0. The molecule has 236 valence electrons. The van der Waals surface area contributed by atoms with Gasteiger partial charge < -0.3 is 25.3 Å². The summed E-state index contributed by atoms with van der Waals surface area (Å²) in [5, 5.41) is 20.4. The first-order valence-corrected chi connectivity index (χ1v) is 16.9. The van der Waals surface area contributed by atoms with Crippen molar-refractivity contribution in [1.29, 1.82) is 0 Å². The molecule has 0 atom stereocenters. The Hall–Kier alpha value is -0.568. The smallest absolute Gasteiger partial charge is 0.870 e. The maximum absolute atomic E-state index is 10.2. The molecule has 0 aromatic carbocycles. The molecular weight excluding hydrogens is 515 g/mol. The zero-order valence-electron chi connectivity index (χ0n) is 26.9. The van der Waals surface area contributed by atoms with Crippen LogP contribution in [0.1, 0.15) is 206 Å². The molecule has 0 rings (SSSR count). The van der Waals surface area contributed by atoms with E-state index in [1.165, 1.54) is 154 Å². The van der Waals surface area contributed by atoms with E-state index in [-0.39, 0.29) is 35.7 Å². The first-order valence-electron chi connectivity index (χ1n) is 16.9. The van der Waals surface area contributed by atoms with E-state index in [9.17, 15) is 19.8 Å². The molecule has 0 spiro atoms. The summed E-state index contributed by atoms with van der Waals surface area (Å²) in [6.45, 7) is 4.52. The Morgan fingerprint density at radius 1 is 0.350 bits per heavy atom. The van der Waals surface area contributed by atoms with Gasteiger partial charge in [-0.05, 0) is 25.7 Å². The SMILES string of the molecule is CCCCCCCCCCCCCCCCC(=O)[O-].CCCCCCCCCCCCCCCCC(=O)[O-].[Al+3].[OH-]. The second kappa shape index (κ2) is 42.9. The quantitative estimate of drug-likeness (QED) is 0.0621. The third-order valence-corrected chi connectivity index (χ3v) is 7.47. The van der Waals surface area contributed by atoms with Crippen LogP contribution >= 0.6 is 0 Å². The van der Waals surface area contributed by atoms with Crippen LogP contribution in [-0.2, 0) is 9.59 Å². The molecule has 0 aliphatic carbocycles. The van der Waals surface area contributed by atoms with Crippen LogP contribution in [0.5, 0.6) is 0 Å². The number of unbranched alkanes of at least 4 members (excludes halogenated alkanes) is 26. The Morgan fingerprint density at radius 3 is 0.650 bits per heavy atom. The van der Waals surface area contributed by atoms with Crippen molar-refractivity contribution < 1.29 is 25.3 Å². The number of carboxylic acid groups (broad SMARTS) is 2. The Labute approximate surface area is 260 Å². The van der Waals surface area contributed by atoms with Crippen LogP contribution in [-0.4, -0.2) is 34.8 Å². The monoisotopic (exact) mass is 582 g/mol. The van der Waals surface area contributed by atoms with Crippen molar-refractivity contribution >= 4 is 29.3 Å². The third-order valence-electron chi connectivity index (χ3n) is 7.47. The first-order chi connectivity index (χ1) is 18.5. The molecule has 0 aliphatic heterocycles. The second-order valence-corrected chi connectivity index (χ2v) is 11.4. The number of carbonyl (C=O) groups excluding carboxylic acids is 2. The molecule has 0 unspecified atom stereocenters. The van der Waals surface area contributed by atoms with Gasteiger partial charge in [-0.15, -0.1) is 0 Å². The summed E-state index contributed by atoms with van der Waals surface area (Å²) in [6, 6.07) is 0. The van der Waals surface area contributed by atoms with E-state index in [1.807, 2.05) is 0 Å². The van der Waals surface area contributed by atoms with Crippen molar-refractivity contribution in [2.24, 2.45) is 0 Å². The second-order valence-electron chi connectivity index (χ2n) is 11.4. The standard InChI is InChI=1S/2C17H34O2.Al.H2O/c2*1-2-3-4-5-6-7-8-9-10-11-12-13-14-15-16-17(18)19;;/h2*2-16H2,1H3,(H,18,19);;1H2/q;;+3;/p-3. The van der Waals surface area contributed by atoms with Crippen LogP contribution in [0.15, 0.2) is 0 Å². The van der Waals surface area contributed by atoms with Gasteiger partial charge >= 0.3 is 17.4 Å². The Kier molecular flexibility index (Phi) is 49.7. The predicted octanol–water partition coefficient (Wildman–Crippen LogP) is 8.66. The molecule has 0 saturated carbocycles. The van der Waals surface area contributed by atoms with Gasteiger partial charge in [0.25, 0.3) is 0 Å². The van der Waals surface area contributed by atoms with Gasteiger partial charge in [-0.1, -0.05) is 181 Å². The van der Waals surface area contributed by atoms with Crippen molar-refractivity contribution in [1.82, 2.24) is 0 Å². The molecule has 0 aliphatic rings. The molecule has 5 nitrogen and oxygen atoms in total. The van der Waals surface area contributed by atoms with E-state index in [4.69, 9.17) is 0 Å². The largest absolute Gasteiger partial charge is 3.00 e. The molecule has 40 heavy (non-hydrogen) atoms. The maximum Gasteiger partial charge on any atom is 3.00 e. The number of hydrogen-bond donors (Lipinski definition) is 0. The van der Waals surface area contributed by atoms with Crippen LogP contribution in [0, 0.1) is 0 Å². The molecule has 6 heteroatoms. The van der Waals surface area contributed by atoms with Gasteiger partial charge in [0.2, 0.25) is 0 Å². The Bertz CT molecular complexity index is 431. The Balaban J connectivity index is -0.000000309. The van der Waals surface area contributed by atoms with Gasteiger partial charge in [-0.25, -0.2) is 0 Å². The minimum atomic E-state index is -0.904. The van der Waals surface area contributed by atoms with Crippen molar-refractivity contribution in [2.45, 2.75) is 206 Å². The first kappa shape index (κ1) is 46.4. The van der Waals surface area contributed by atoms with Crippen molar-refractivity contribution in [3.63, 3.8) is 0 Å². The predicted molar refractivity (Wildman–Crippen MR) is 168 cm³/mol. The van der Waals surface area contributed by atoms with E-state index in [1.54, 1.807) is 0 Å². The number of hydrogen-bond acceptors (Lipinski definition) is 5. The van der Waals surface area contributed by atoms with E-state index >= 15 is 0 Å². The summed E-state index contributed by atoms with van der Waals surface area (Å²) in [5.74, 6) is -1.81. The van der Waals surface area contributed by atoms with E-state index in [2.05, 4.69) is 13.8 Å². The van der Waals surface area contributed by atoms with Gasteiger partial charge in [-0.3, -0.25) is 0 Å². The topological polar surface area (TPSA) is 110 Å². The summed E-state index contributed by atoms with van der Waals surface area (Å²) in [5.41, 5.74) is 0. The molecule has 0 aromatic heterocycles. The minimum absolute atomic E-state index is 0. The van der Waals surface area contributed by atoms with Gasteiger partial charge in [0.15, 0.2) is 0 Å². The molecule has 0 aromatic rings. The summed E-state index contributed by atoms with van der Waals surface area (Å²) in [7, 11) is 0. The molecule has 0 bridgehead atoms. The molecule has 0 amide bonds. The van der Waals surface area contributed by atoms with Crippen LogP contribution in [0.3, 0.4) is 0 Å². The van der Waals surface area contributed by atoms with Gasteiger partial charge in [0.1, 0.15) is 0 Å². The molecule has 0 saturated heterocycles. The molecular formula is C34H67AlO5. The van der Waals surface area contributed by atoms with Crippen molar-refractivity contribution in [2.75, 3.05) is 0 Å². The van der Waals surface area contributed by atoms with Crippen LogP contribution in [0.2, 0.25) is 0 Å². The van der Waals surface area contributed by atoms with Crippen molar-refractivity contribution in [3.8, 4) is 0 Å². The number of carbonyl (C=O) groups is 2. The normalized spacial score (nSPS) is 10.2. The van der Waals surface area contributed by atoms with E-state index in [0.29, 0.717) is 0 Å². The number of rotatable bonds is 30.